The van der Waals surface area contributed by atoms with Crippen molar-refractivity contribution in [2.24, 2.45) is 0 Å². The molecule has 0 aliphatic carbocycles. The molecule has 2 aromatic carbocycles. The van der Waals surface area contributed by atoms with Crippen LogP contribution in [0.5, 0.6) is 11.5 Å². The fraction of sp³-hybridized carbons (Fsp3) is 0.304. The maximum absolute atomic E-state index is 12.6. The van der Waals surface area contributed by atoms with Crippen molar-refractivity contribution < 1.29 is 23.8 Å². The quantitative estimate of drug-likeness (QED) is 0.554. The molecule has 0 saturated carbocycles. The highest BCUT2D eigenvalue weighted by atomic mass is 16.5. The Labute approximate surface area is 176 Å². The second-order valence-corrected chi connectivity index (χ2v) is 6.85. The van der Waals surface area contributed by atoms with Crippen LogP contribution in [0.25, 0.3) is 6.08 Å². The maximum atomic E-state index is 12.6. The third-order valence-electron chi connectivity index (χ3n) is 4.98. The first kappa shape index (κ1) is 21.2. The zero-order valence-electron chi connectivity index (χ0n) is 17.4. The third-order valence-corrected chi connectivity index (χ3v) is 4.98. The molecule has 1 heterocycles. The average Bonchev–Trinajstić information content (AvgIpc) is 3.31. The highest BCUT2D eigenvalue weighted by Gasteiger charge is 2.18. The predicted molar refractivity (Wildman–Crippen MR) is 116 cm³/mol. The summed E-state index contributed by atoms with van der Waals surface area (Å²) in [5.41, 5.74) is 2.60. The molecule has 7 heteroatoms. The molecule has 0 unspecified atom stereocenters. The monoisotopic (exact) mass is 410 g/mol. The van der Waals surface area contributed by atoms with Crippen molar-refractivity contribution in [3.8, 4) is 11.5 Å². The Morgan fingerprint density at radius 2 is 1.77 bits per heavy atom. The van der Waals surface area contributed by atoms with Gasteiger partial charge in [0.1, 0.15) is 11.5 Å². The summed E-state index contributed by atoms with van der Waals surface area (Å²) in [6.45, 7) is 1.83. The molecule has 0 bridgehead atoms. The number of hydrogen-bond acceptors (Lipinski definition) is 6. The van der Waals surface area contributed by atoms with Gasteiger partial charge >= 0.3 is 5.97 Å². The Hall–Kier alpha value is -3.48. The highest BCUT2D eigenvalue weighted by Crippen LogP contribution is 2.31. The van der Waals surface area contributed by atoms with Crippen molar-refractivity contribution in [1.29, 1.82) is 0 Å². The molecule has 7 nitrogen and oxygen atoms in total. The number of nitrogens with zero attached hydrogens (tertiary/aromatic N) is 1. The van der Waals surface area contributed by atoms with Gasteiger partial charge in [-0.3, -0.25) is 4.79 Å². The van der Waals surface area contributed by atoms with Gasteiger partial charge in [0, 0.05) is 30.8 Å². The van der Waals surface area contributed by atoms with Gasteiger partial charge in [-0.1, -0.05) is 0 Å². The summed E-state index contributed by atoms with van der Waals surface area (Å²) in [7, 11) is 4.48. The molecule has 0 atom stereocenters. The number of carbonyl (C=O) groups is 2. The lowest BCUT2D eigenvalue weighted by Crippen LogP contribution is -2.21. The van der Waals surface area contributed by atoms with Gasteiger partial charge in [0.25, 0.3) is 0 Å². The smallest absolute Gasteiger partial charge is 0.337 e. The van der Waals surface area contributed by atoms with Gasteiger partial charge in [-0.15, -0.1) is 0 Å². The van der Waals surface area contributed by atoms with Crippen molar-refractivity contribution in [3.63, 3.8) is 0 Å². The first-order chi connectivity index (χ1) is 14.5. The van der Waals surface area contributed by atoms with E-state index >= 15 is 0 Å². The lowest BCUT2D eigenvalue weighted by atomic mass is 10.1. The van der Waals surface area contributed by atoms with Gasteiger partial charge in [0.05, 0.1) is 38.3 Å². The standard InChI is InChI=1S/C23H26N2O5/c1-28-18-9-6-16(21(15-18)29-2)8-11-22(26)24-19-14-17(23(27)30-3)7-10-20(19)25-12-4-5-13-25/h6-11,14-15H,4-5,12-13H2,1-3H3,(H,24,26). The highest BCUT2D eigenvalue weighted by molar-refractivity contribution is 6.05. The summed E-state index contributed by atoms with van der Waals surface area (Å²) >= 11 is 0. The van der Waals surface area contributed by atoms with E-state index in [1.54, 1.807) is 44.6 Å². The fourth-order valence-corrected chi connectivity index (χ4v) is 3.41. The number of methoxy groups -OCH3 is 3. The van der Waals surface area contributed by atoms with Crippen molar-refractivity contribution >= 4 is 29.3 Å². The van der Waals surface area contributed by atoms with Crippen LogP contribution in [-0.4, -0.2) is 46.3 Å². The summed E-state index contributed by atoms with van der Waals surface area (Å²) in [4.78, 5) is 26.8. The Morgan fingerprint density at radius 3 is 2.43 bits per heavy atom. The maximum Gasteiger partial charge on any atom is 0.337 e. The molecule has 1 saturated heterocycles. The van der Waals surface area contributed by atoms with Crippen LogP contribution < -0.4 is 19.7 Å². The van der Waals surface area contributed by atoms with E-state index in [0.29, 0.717) is 22.7 Å². The lowest BCUT2D eigenvalue weighted by molar-refractivity contribution is -0.111. The first-order valence-corrected chi connectivity index (χ1v) is 9.74. The van der Waals surface area contributed by atoms with Crippen LogP contribution in [0.1, 0.15) is 28.8 Å². The van der Waals surface area contributed by atoms with Crippen molar-refractivity contribution in [2.75, 3.05) is 44.6 Å². The molecule has 30 heavy (non-hydrogen) atoms. The first-order valence-electron chi connectivity index (χ1n) is 9.74. The molecule has 1 fully saturated rings. The Bertz CT molecular complexity index is 949. The van der Waals surface area contributed by atoms with Gasteiger partial charge in [-0.05, 0) is 49.2 Å². The molecule has 1 aliphatic heterocycles. The van der Waals surface area contributed by atoms with Crippen LogP contribution in [0.3, 0.4) is 0 Å². The van der Waals surface area contributed by atoms with Crippen LogP contribution in [0, 0.1) is 0 Å². The van der Waals surface area contributed by atoms with Crippen LogP contribution in [0.15, 0.2) is 42.5 Å². The molecular weight excluding hydrogens is 384 g/mol. The van der Waals surface area contributed by atoms with Crippen LogP contribution in [-0.2, 0) is 9.53 Å². The van der Waals surface area contributed by atoms with Gasteiger partial charge in [0.2, 0.25) is 5.91 Å². The SMILES string of the molecule is COC(=O)c1ccc(N2CCCC2)c(NC(=O)C=Cc2ccc(OC)cc2OC)c1. The molecule has 1 N–H and O–H groups in total. The van der Waals surface area contributed by atoms with Gasteiger partial charge in [-0.2, -0.15) is 0 Å². The second kappa shape index (κ2) is 9.82. The molecular formula is C23H26N2O5. The normalized spacial score (nSPS) is 13.4. The van der Waals surface area contributed by atoms with E-state index in [0.717, 1.165) is 37.2 Å². The van der Waals surface area contributed by atoms with Crippen molar-refractivity contribution in [2.45, 2.75) is 12.8 Å². The van der Waals surface area contributed by atoms with Crippen LogP contribution >= 0.6 is 0 Å². The summed E-state index contributed by atoms with van der Waals surface area (Å²) in [6, 6.07) is 10.6. The van der Waals surface area contributed by atoms with E-state index in [1.165, 1.54) is 13.2 Å². The number of hydrogen-bond donors (Lipinski definition) is 1. The number of benzene rings is 2. The van der Waals surface area contributed by atoms with Gasteiger partial charge in [0.15, 0.2) is 0 Å². The van der Waals surface area contributed by atoms with Crippen LogP contribution in [0.2, 0.25) is 0 Å². The lowest BCUT2D eigenvalue weighted by Gasteiger charge is -2.22. The molecule has 1 amide bonds. The van der Waals surface area contributed by atoms with Crippen LogP contribution in [0.4, 0.5) is 11.4 Å². The predicted octanol–water partition coefficient (Wildman–Crippen LogP) is 3.74. The zero-order chi connectivity index (χ0) is 21.5. The van der Waals surface area contributed by atoms with E-state index in [4.69, 9.17) is 14.2 Å². The number of ether oxygens (including phenoxy) is 3. The molecule has 3 rings (SSSR count). The van der Waals surface area contributed by atoms with E-state index in [9.17, 15) is 9.59 Å². The van der Waals surface area contributed by atoms with E-state index in [1.807, 2.05) is 12.1 Å². The summed E-state index contributed by atoms with van der Waals surface area (Å²) in [5.74, 6) is 0.513. The minimum Gasteiger partial charge on any atom is -0.497 e. The average molecular weight is 410 g/mol. The van der Waals surface area contributed by atoms with Gasteiger partial charge in [-0.25, -0.2) is 4.79 Å². The zero-order valence-corrected chi connectivity index (χ0v) is 17.4. The number of esters is 1. The summed E-state index contributed by atoms with van der Waals surface area (Å²) in [5, 5.41) is 2.90. The molecule has 158 valence electrons. The number of anilines is 2. The van der Waals surface area contributed by atoms with E-state index in [-0.39, 0.29) is 5.91 Å². The Morgan fingerprint density at radius 1 is 1.00 bits per heavy atom. The minimum atomic E-state index is -0.447. The topological polar surface area (TPSA) is 77.1 Å². The van der Waals surface area contributed by atoms with Crippen molar-refractivity contribution in [1.82, 2.24) is 0 Å². The van der Waals surface area contributed by atoms with Crippen molar-refractivity contribution in [3.05, 3.63) is 53.6 Å². The largest absolute Gasteiger partial charge is 0.497 e. The molecule has 0 spiro atoms. The second-order valence-electron chi connectivity index (χ2n) is 6.85. The number of amides is 1. The van der Waals surface area contributed by atoms with Gasteiger partial charge < -0.3 is 24.4 Å². The summed E-state index contributed by atoms with van der Waals surface area (Å²) in [6.07, 6.45) is 5.31. The molecule has 2 aromatic rings. The number of carbonyl (C=O) groups excluding carboxylic acids is 2. The third kappa shape index (κ3) is 4.92. The fourth-order valence-electron chi connectivity index (χ4n) is 3.41. The molecule has 1 aliphatic rings. The molecule has 0 radical (unpaired) electrons. The van der Waals surface area contributed by atoms with E-state index < -0.39 is 5.97 Å². The Balaban J connectivity index is 1.82. The summed E-state index contributed by atoms with van der Waals surface area (Å²) < 4.78 is 15.4. The van der Waals surface area contributed by atoms with E-state index in [2.05, 4.69) is 10.2 Å². The Kier molecular flexibility index (Phi) is 6.95. The number of rotatable bonds is 7. The minimum absolute atomic E-state index is 0.310. The number of nitrogens with one attached hydrogen (secondary N) is 1. The molecule has 0 aromatic heterocycles.